The number of methoxy groups -OCH3 is 1. The van der Waals surface area contributed by atoms with Crippen molar-refractivity contribution in [2.75, 3.05) is 53.0 Å². The van der Waals surface area contributed by atoms with Gasteiger partial charge in [0.05, 0.1) is 47.4 Å². The first kappa shape index (κ1) is 46.0. The van der Waals surface area contributed by atoms with Crippen LogP contribution in [0.15, 0.2) is 41.9 Å². The van der Waals surface area contributed by atoms with E-state index >= 15 is 0 Å². The predicted molar refractivity (Wildman–Crippen MR) is 255 cm³/mol. The van der Waals surface area contributed by atoms with Gasteiger partial charge in [-0.1, -0.05) is 32.8 Å². The number of fused-ring (bicyclic) bond motifs is 6. The normalized spacial score (nSPS) is 26.8. The summed E-state index contributed by atoms with van der Waals surface area (Å²) in [7, 11) is 1.70. The van der Waals surface area contributed by atoms with Crippen molar-refractivity contribution in [3.8, 4) is 22.5 Å². The summed E-state index contributed by atoms with van der Waals surface area (Å²) in [6.07, 6.45) is 9.10. The lowest BCUT2D eigenvalue weighted by Crippen LogP contribution is -2.62. The van der Waals surface area contributed by atoms with Crippen LogP contribution >= 0.6 is 11.3 Å². The Labute approximate surface area is 397 Å². The molecule has 1 saturated carbocycles. The average molecular weight is 935 g/mol. The summed E-state index contributed by atoms with van der Waals surface area (Å²) in [6.45, 7) is 13.1. The van der Waals surface area contributed by atoms with Gasteiger partial charge in [0.25, 0.3) is 11.8 Å². The van der Waals surface area contributed by atoms with Crippen LogP contribution in [-0.4, -0.2) is 130 Å². The Balaban J connectivity index is 0.993. The molecule has 5 aliphatic heterocycles. The topological polar surface area (TPSA) is 164 Å². The van der Waals surface area contributed by atoms with Crippen molar-refractivity contribution in [1.29, 1.82) is 0 Å². The number of epoxide rings is 1. The van der Waals surface area contributed by atoms with Crippen LogP contribution in [0.25, 0.3) is 33.4 Å². The highest BCUT2D eigenvalue weighted by Gasteiger charge is 2.51. The van der Waals surface area contributed by atoms with Gasteiger partial charge in [0.1, 0.15) is 12.1 Å². The lowest BCUT2D eigenvalue weighted by Gasteiger charge is -2.37. The minimum Gasteiger partial charge on any atom is -0.464 e. The highest BCUT2D eigenvalue weighted by molar-refractivity contribution is 7.10. The number of nitrogens with zero attached hydrogens (tertiary/aromatic N) is 6. The van der Waals surface area contributed by atoms with E-state index in [2.05, 4.69) is 65.2 Å². The van der Waals surface area contributed by atoms with Crippen LogP contribution in [0.5, 0.6) is 0 Å². The molecule has 10 rings (SSSR count). The minimum atomic E-state index is -0.927. The number of carbonyl (C=O) groups is 4. The van der Waals surface area contributed by atoms with Gasteiger partial charge in [0.15, 0.2) is 6.10 Å². The first-order valence-electron chi connectivity index (χ1n) is 24.6. The number of hydrogen-bond acceptors (Lipinski definition) is 12. The maximum atomic E-state index is 15.0. The van der Waals surface area contributed by atoms with E-state index in [1.54, 1.807) is 7.11 Å². The fraction of sp³-hybridized carbons (Fsp3) is 0.608. The zero-order valence-corrected chi connectivity index (χ0v) is 40.5. The number of aromatic nitrogens is 3. The molecule has 8 heterocycles. The van der Waals surface area contributed by atoms with Crippen LogP contribution in [0.3, 0.4) is 0 Å². The first-order chi connectivity index (χ1) is 32.3. The van der Waals surface area contributed by atoms with E-state index in [9.17, 15) is 19.2 Å². The molecule has 4 aromatic rings. The van der Waals surface area contributed by atoms with Crippen LogP contribution < -0.4 is 10.7 Å². The third-order valence-corrected chi connectivity index (χ3v) is 16.4. The number of benzene rings is 1. The van der Waals surface area contributed by atoms with Gasteiger partial charge in [-0.05, 0) is 101 Å². The van der Waals surface area contributed by atoms with E-state index < -0.39 is 29.5 Å². The Morgan fingerprint density at radius 3 is 2.64 bits per heavy atom. The van der Waals surface area contributed by atoms with Gasteiger partial charge in [0, 0.05) is 90.7 Å². The fourth-order valence-electron chi connectivity index (χ4n) is 11.8. The molecule has 1 aromatic carbocycles. The third-order valence-electron chi connectivity index (χ3n) is 15.5. The number of pyridine rings is 1. The van der Waals surface area contributed by atoms with Gasteiger partial charge in [0.2, 0.25) is 5.91 Å². The second-order valence-electron chi connectivity index (χ2n) is 20.8. The zero-order chi connectivity index (χ0) is 46.6. The molecule has 3 amide bonds. The van der Waals surface area contributed by atoms with Crippen molar-refractivity contribution in [2.24, 2.45) is 16.7 Å². The van der Waals surface area contributed by atoms with E-state index in [0.717, 1.165) is 114 Å². The summed E-state index contributed by atoms with van der Waals surface area (Å²) in [5, 5.41) is 8.70. The van der Waals surface area contributed by atoms with Crippen LogP contribution in [0.4, 0.5) is 0 Å². The van der Waals surface area contributed by atoms with E-state index in [1.165, 1.54) is 16.3 Å². The van der Waals surface area contributed by atoms with Crippen molar-refractivity contribution < 1.29 is 33.4 Å². The molecule has 5 fully saturated rings. The number of aryl methyl sites for hydroxylation is 1. The minimum absolute atomic E-state index is 0.0555. The molecular weight excluding hydrogens is 869 g/mol. The summed E-state index contributed by atoms with van der Waals surface area (Å²) >= 11 is 1.49. The van der Waals surface area contributed by atoms with Gasteiger partial charge in [-0.3, -0.25) is 34.1 Å². The molecule has 6 aliphatic rings. The van der Waals surface area contributed by atoms with Gasteiger partial charge in [-0.2, -0.15) is 0 Å². The number of rotatable bonds is 9. The summed E-state index contributed by atoms with van der Waals surface area (Å²) in [4.78, 5) is 71.1. The van der Waals surface area contributed by atoms with Crippen molar-refractivity contribution >= 4 is 45.9 Å². The summed E-state index contributed by atoms with van der Waals surface area (Å²) in [5.41, 5.74) is 9.61. The SMILES string of the molecule is CCn1c(-c2cccnc2[C@H](C)OC)c2c3cc(ccc31)-c1csc(n1)C[C@H](NC(=O)C(C1CCCC1)N1CC[C@]3(CCN(C(=O)[C@H]4CO4)C3)C1)C(=O)N1CCC[C@H](N1)C(=O)OCC(C)(C)C2. The molecule has 67 heavy (non-hydrogen) atoms. The highest BCUT2D eigenvalue weighted by Crippen LogP contribution is 2.44. The quantitative estimate of drug-likeness (QED) is 0.148. The standard InChI is InChI=1S/C51H66N8O7S/c1-6-58-40-16-15-33-23-35(40)36(45(58)34-13-9-19-52-43(34)31(2)64-5)25-50(3,4)30-66-49(63)37-14-10-20-59(55-37)47(61)38(24-42-53-39(33)27-67-42)54-46(60)44(32-11-7-8-12-32)56-21-17-51(28-56)18-22-57(29-51)48(62)41-26-65-41/h9,13,15-16,19,23,27,31-32,37-38,41,44,55H,6-8,10-12,14,17-18,20-22,24-26,28-30H2,1-5H3,(H,54,60)/t31-,37-,38-,41+,44?,51-/m0/s1. The number of carbonyl (C=O) groups excluding carboxylic acids is 4. The molecule has 2 N–H and O–H groups in total. The van der Waals surface area contributed by atoms with Crippen LogP contribution in [0, 0.1) is 16.7 Å². The van der Waals surface area contributed by atoms with E-state index in [4.69, 9.17) is 24.2 Å². The van der Waals surface area contributed by atoms with E-state index in [0.29, 0.717) is 39.0 Å². The van der Waals surface area contributed by atoms with Crippen LogP contribution in [-0.2, 0) is 52.8 Å². The van der Waals surface area contributed by atoms with Crippen LogP contribution in [0.2, 0.25) is 0 Å². The monoisotopic (exact) mass is 934 g/mol. The number of thiazole rings is 1. The molecule has 358 valence electrons. The smallest absolute Gasteiger partial charge is 0.324 e. The van der Waals surface area contributed by atoms with Gasteiger partial charge >= 0.3 is 5.97 Å². The molecule has 6 bridgehead atoms. The Bertz CT molecular complexity index is 2530. The van der Waals surface area contributed by atoms with Crippen molar-refractivity contribution in [2.45, 2.75) is 129 Å². The van der Waals surface area contributed by atoms with Crippen molar-refractivity contribution in [1.82, 2.24) is 40.1 Å². The Kier molecular flexibility index (Phi) is 12.8. The molecule has 0 radical (unpaired) electrons. The lowest BCUT2D eigenvalue weighted by molar-refractivity contribution is -0.155. The number of likely N-dealkylation sites (tertiary alicyclic amines) is 2. The molecule has 1 aliphatic carbocycles. The van der Waals surface area contributed by atoms with Gasteiger partial charge in [-0.15, -0.1) is 11.3 Å². The predicted octanol–water partition coefficient (Wildman–Crippen LogP) is 6.08. The summed E-state index contributed by atoms with van der Waals surface area (Å²) in [5.74, 6) is -0.582. The maximum Gasteiger partial charge on any atom is 0.324 e. The largest absolute Gasteiger partial charge is 0.464 e. The number of hydrogen-bond donors (Lipinski definition) is 2. The first-order valence-corrected chi connectivity index (χ1v) is 25.5. The molecule has 1 spiro atoms. The lowest BCUT2D eigenvalue weighted by atomic mass is 9.84. The van der Waals surface area contributed by atoms with Crippen molar-refractivity contribution in [3.05, 3.63) is 58.2 Å². The molecule has 16 heteroatoms. The average Bonchev–Trinajstić information content (AvgIpc) is 3.79. The number of amides is 3. The van der Waals surface area contributed by atoms with Crippen molar-refractivity contribution in [3.63, 3.8) is 0 Å². The Morgan fingerprint density at radius 1 is 1.06 bits per heavy atom. The second-order valence-corrected chi connectivity index (χ2v) is 21.8. The zero-order valence-electron chi connectivity index (χ0n) is 39.7. The molecular formula is C51H66N8O7S. The van der Waals surface area contributed by atoms with E-state index in [1.807, 2.05) is 29.5 Å². The number of cyclic esters (lactones) is 1. The maximum absolute atomic E-state index is 15.0. The molecule has 6 atom stereocenters. The summed E-state index contributed by atoms with van der Waals surface area (Å²) < 4.78 is 19.7. The molecule has 15 nitrogen and oxygen atoms in total. The fourth-order valence-corrected chi connectivity index (χ4v) is 12.7. The Hall–Kier alpha value is -4.74. The summed E-state index contributed by atoms with van der Waals surface area (Å²) in [6, 6.07) is 8.55. The second kappa shape index (κ2) is 18.6. The number of ether oxygens (including phenoxy) is 3. The molecule has 4 saturated heterocycles. The number of esters is 1. The molecule has 3 aromatic heterocycles. The number of hydrazine groups is 1. The molecule has 1 unspecified atom stereocenters. The van der Waals surface area contributed by atoms with Crippen LogP contribution in [0.1, 0.15) is 101 Å². The number of nitrogens with one attached hydrogen (secondary N) is 2. The third kappa shape index (κ3) is 9.16. The van der Waals surface area contributed by atoms with Gasteiger partial charge in [-0.25, -0.2) is 10.4 Å². The van der Waals surface area contributed by atoms with Gasteiger partial charge < -0.3 is 29.0 Å². The Morgan fingerprint density at radius 2 is 1.87 bits per heavy atom. The van der Waals surface area contributed by atoms with E-state index in [-0.39, 0.29) is 54.3 Å². The highest BCUT2D eigenvalue weighted by atomic mass is 32.1.